The minimum absolute atomic E-state index is 0.114. The maximum atomic E-state index is 10.9. The van der Waals surface area contributed by atoms with Crippen LogP contribution in [0.2, 0.25) is 0 Å². The lowest BCUT2D eigenvalue weighted by Crippen LogP contribution is -1.98. The summed E-state index contributed by atoms with van der Waals surface area (Å²) in [6.45, 7) is 0.324. The largest absolute Gasteiger partial charge is 0.490 e. The van der Waals surface area contributed by atoms with Gasteiger partial charge in [-0.05, 0) is 18.2 Å². The number of ether oxygens (including phenoxy) is 2. The fraction of sp³-hybridized carbons (Fsp3) is 0.143. The van der Waals surface area contributed by atoms with Gasteiger partial charge in [-0.3, -0.25) is 10.1 Å². The van der Waals surface area contributed by atoms with Crippen molar-refractivity contribution >= 4 is 21.6 Å². The predicted molar refractivity (Wildman–Crippen MR) is 78.1 cm³/mol. The van der Waals surface area contributed by atoms with Gasteiger partial charge in [0.25, 0.3) is 0 Å². The topological polar surface area (TPSA) is 61.6 Å². The third kappa shape index (κ3) is 3.27. The van der Waals surface area contributed by atoms with Crippen molar-refractivity contribution in [2.45, 2.75) is 6.61 Å². The van der Waals surface area contributed by atoms with Crippen LogP contribution in [0.25, 0.3) is 0 Å². The van der Waals surface area contributed by atoms with Gasteiger partial charge in [-0.25, -0.2) is 0 Å². The van der Waals surface area contributed by atoms with Gasteiger partial charge in [0.2, 0.25) is 0 Å². The zero-order chi connectivity index (χ0) is 14.5. The first-order valence-electron chi connectivity index (χ1n) is 5.80. The molecule has 0 aliphatic rings. The van der Waals surface area contributed by atoms with E-state index in [1.807, 2.05) is 24.3 Å². The van der Waals surface area contributed by atoms with Gasteiger partial charge >= 0.3 is 5.69 Å². The smallest absolute Gasteiger partial charge is 0.314 e. The van der Waals surface area contributed by atoms with Gasteiger partial charge in [-0.1, -0.05) is 34.1 Å². The second-order valence-corrected chi connectivity index (χ2v) is 4.83. The summed E-state index contributed by atoms with van der Waals surface area (Å²) in [5.74, 6) is 0.636. The van der Waals surface area contributed by atoms with E-state index in [-0.39, 0.29) is 11.4 Å². The molecule has 2 rings (SSSR count). The number of nitro groups is 1. The third-order valence-electron chi connectivity index (χ3n) is 2.70. The first-order chi connectivity index (χ1) is 9.61. The molecule has 5 nitrogen and oxygen atoms in total. The second-order valence-electron chi connectivity index (χ2n) is 3.97. The van der Waals surface area contributed by atoms with Crippen molar-refractivity contribution in [3.05, 3.63) is 62.6 Å². The Kier molecular flexibility index (Phi) is 4.57. The Labute approximate surface area is 124 Å². The lowest BCUT2D eigenvalue weighted by molar-refractivity contribution is -0.385. The second kappa shape index (κ2) is 6.38. The lowest BCUT2D eigenvalue weighted by atomic mass is 10.2. The number of nitro benzene ring substituents is 1. The number of benzene rings is 2. The number of nitrogens with zero attached hydrogens (tertiary/aromatic N) is 1. The van der Waals surface area contributed by atoms with Crippen molar-refractivity contribution in [1.29, 1.82) is 0 Å². The van der Waals surface area contributed by atoms with Crippen LogP contribution in [0.1, 0.15) is 5.56 Å². The molecule has 0 heterocycles. The van der Waals surface area contributed by atoms with Crippen molar-refractivity contribution in [3.63, 3.8) is 0 Å². The Morgan fingerprint density at radius 1 is 1.25 bits per heavy atom. The van der Waals surface area contributed by atoms with E-state index in [1.165, 1.54) is 19.2 Å². The summed E-state index contributed by atoms with van der Waals surface area (Å²) in [6, 6.07) is 12.2. The molecule has 0 radical (unpaired) electrons. The van der Waals surface area contributed by atoms with Crippen LogP contribution in [0.4, 0.5) is 5.69 Å². The summed E-state index contributed by atoms with van der Waals surface area (Å²) in [5, 5.41) is 10.9. The van der Waals surface area contributed by atoms with Crippen molar-refractivity contribution < 1.29 is 14.4 Å². The molecular weight excluding hydrogens is 326 g/mol. The molecule has 0 aliphatic heterocycles. The van der Waals surface area contributed by atoms with Crippen LogP contribution in [0.5, 0.6) is 11.5 Å². The lowest BCUT2D eigenvalue weighted by Gasteiger charge is -2.09. The summed E-state index contributed by atoms with van der Waals surface area (Å²) in [5.41, 5.74) is 0.850. The van der Waals surface area contributed by atoms with E-state index >= 15 is 0 Å². The highest BCUT2D eigenvalue weighted by atomic mass is 79.9. The molecule has 0 N–H and O–H groups in total. The highest BCUT2D eigenvalue weighted by Gasteiger charge is 2.15. The van der Waals surface area contributed by atoms with Crippen LogP contribution in [0, 0.1) is 10.1 Å². The molecule has 0 aliphatic carbocycles. The van der Waals surface area contributed by atoms with Crippen LogP contribution in [0.3, 0.4) is 0 Å². The Morgan fingerprint density at radius 2 is 2.00 bits per heavy atom. The van der Waals surface area contributed by atoms with Crippen molar-refractivity contribution in [2.75, 3.05) is 7.11 Å². The predicted octanol–water partition coefficient (Wildman–Crippen LogP) is 3.94. The third-order valence-corrected chi connectivity index (χ3v) is 3.47. The van der Waals surface area contributed by atoms with E-state index in [4.69, 9.17) is 9.47 Å². The van der Waals surface area contributed by atoms with Crippen molar-refractivity contribution in [3.8, 4) is 11.5 Å². The molecule has 0 atom stereocenters. The summed E-state index contributed by atoms with van der Waals surface area (Å²) in [7, 11) is 1.39. The van der Waals surface area contributed by atoms with E-state index in [9.17, 15) is 10.1 Å². The maximum Gasteiger partial charge on any atom is 0.314 e. The number of rotatable bonds is 5. The fourth-order valence-electron chi connectivity index (χ4n) is 1.68. The van der Waals surface area contributed by atoms with Gasteiger partial charge < -0.3 is 9.47 Å². The minimum atomic E-state index is -0.496. The van der Waals surface area contributed by atoms with Gasteiger partial charge in [0.05, 0.1) is 18.1 Å². The van der Waals surface area contributed by atoms with Crippen LogP contribution >= 0.6 is 15.9 Å². The molecule has 0 saturated heterocycles. The first kappa shape index (κ1) is 14.3. The highest BCUT2D eigenvalue weighted by Crippen LogP contribution is 2.31. The SMILES string of the molecule is COc1ccc(OCc2ccccc2Br)cc1[N+](=O)[O-]. The molecule has 0 bridgehead atoms. The molecule has 0 saturated carbocycles. The fourth-order valence-corrected chi connectivity index (χ4v) is 2.08. The summed E-state index contributed by atoms with van der Waals surface area (Å²) < 4.78 is 11.4. The molecule has 2 aromatic rings. The molecule has 0 amide bonds. The van der Waals surface area contributed by atoms with E-state index in [0.717, 1.165) is 10.0 Å². The normalized spacial score (nSPS) is 10.1. The number of hydrogen-bond donors (Lipinski definition) is 0. The minimum Gasteiger partial charge on any atom is -0.490 e. The zero-order valence-corrected chi connectivity index (χ0v) is 12.3. The Bertz CT molecular complexity index is 630. The molecule has 0 unspecified atom stereocenters. The van der Waals surface area contributed by atoms with Crippen molar-refractivity contribution in [1.82, 2.24) is 0 Å². The molecule has 20 heavy (non-hydrogen) atoms. The molecule has 0 spiro atoms. The van der Waals surface area contributed by atoms with E-state index in [0.29, 0.717) is 12.4 Å². The average molecular weight is 338 g/mol. The average Bonchev–Trinajstić information content (AvgIpc) is 2.46. The van der Waals surface area contributed by atoms with Crippen LogP contribution in [0.15, 0.2) is 46.9 Å². The van der Waals surface area contributed by atoms with Crippen LogP contribution in [-0.4, -0.2) is 12.0 Å². The first-order valence-corrected chi connectivity index (χ1v) is 6.59. The zero-order valence-electron chi connectivity index (χ0n) is 10.7. The number of methoxy groups -OCH3 is 1. The monoisotopic (exact) mass is 337 g/mol. The van der Waals surface area contributed by atoms with Gasteiger partial charge in [0.15, 0.2) is 5.75 Å². The number of hydrogen-bond acceptors (Lipinski definition) is 4. The quantitative estimate of drug-likeness (QED) is 0.612. The van der Waals surface area contributed by atoms with Gasteiger partial charge in [-0.15, -0.1) is 0 Å². The standard InChI is InChI=1S/C14H12BrNO4/c1-19-14-7-6-11(8-13(14)16(17)18)20-9-10-4-2-3-5-12(10)15/h2-8H,9H2,1H3. The van der Waals surface area contributed by atoms with E-state index in [2.05, 4.69) is 15.9 Å². The summed E-state index contributed by atoms with van der Waals surface area (Å²) >= 11 is 3.42. The number of halogens is 1. The maximum absolute atomic E-state index is 10.9. The van der Waals surface area contributed by atoms with Crippen LogP contribution in [-0.2, 0) is 6.61 Å². The highest BCUT2D eigenvalue weighted by molar-refractivity contribution is 9.10. The van der Waals surface area contributed by atoms with Gasteiger partial charge in [0.1, 0.15) is 12.4 Å². The molecule has 2 aromatic carbocycles. The van der Waals surface area contributed by atoms with Gasteiger partial charge in [-0.2, -0.15) is 0 Å². The van der Waals surface area contributed by atoms with Gasteiger partial charge in [0, 0.05) is 10.0 Å². The Hall–Kier alpha value is -2.08. The molecule has 6 heteroatoms. The van der Waals surface area contributed by atoms with E-state index in [1.54, 1.807) is 6.07 Å². The molecular formula is C14H12BrNO4. The molecule has 104 valence electrons. The summed E-state index contributed by atoms with van der Waals surface area (Å²) in [6.07, 6.45) is 0. The van der Waals surface area contributed by atoms with E-state index < -0.39 is 4.92 Å². The van der Waals surface area contributed by atoms with Crippen molar-refractivity contribution in [2.24, 2.45) is 0 Å². The molecule has 0 fully saturated rings. The molecule has 0 aromatic heterocycles. The Morgan fingerprint density at radius 3 is 2.65 bits per heavy atom. The van der Waals surface area contributed by atoms with Crippen LogP contribution < -0.4 is 9.47 Å². The Balaban J connectivity index is 2.16. The summed E-state index contributed by atoms with van der Waals surface area (Å²) in [4.78, 5) is 10.4.